The van der Waals surface area contributed by atoms with Gasteiger partial charge in [0.25, 0.3) is 0 Å². The second kappa shape index (κ2) is 5.08. The van der Waals surface area contributed by atoms with E-state index in [1.54, 1.807) is 18.4 Å². The molecule has 2 nitrogen and oxygen atoms in total. The molecule has 0 saturated heterocycles. The van der Waals surface area contributed by atoms with Crippen molar-refractivity contribution < 1.29 is 4.74 Å². The summed E-state index contributed by atoms with van der Waals surface area (Å²) in [5.74, 6) is 0.692. The Morgan fingerprint density at radius 1 is 1.41 bits per heavy atom. The van der Waals surface area contributed by atoms with Crippen molar-refractivity contribution >= 4 is 22.9 Å². The van der Waals surface area contributed by atoms with Crippen LogP contribution in [-0.4, -0.2) is 7.11 Å². The molecule has 0 aliphatic rings. The molecule has 0 aliphatic heterocycles. The maximum Gasteiger partial charge on any atom is 0.137 e. The second-order valence-corrected chi connectivity index (χ2v) is 5.24. The highest BCUT2D eigenvalue weighted by Crippen LogP contribution is 2.36. The van der Waals surface area contributed by atoms with E-state index in [1.165, 1.54) is 10.4 Å². The molecule has 2 rings (SSSR count). The van der Waals surface area contributed by atoms with E-state index >= 15 is 0 Å². The minimum absolute atomic E-state index is 0.545. The van der Waals surface area contributed by atoms with Crippen LogP contribution in [0.2, 0.25) is 5.02 Å². The first-order chi connectivity index (χ1) is 8.17. The number of rotatable bonds is 3. The Kier molecular flexibility index (Phi) is 3.72. The Labute approximate surface area is 110 Å². The lowest BCUT2D eigenvalue weighted by atomic mass is 10.0. The lowest BCUT2D eigenvalue weighted by Crippen LogP contribution is -1.96. The molecule has 0 spiro atoms. The van der Waals surface area contributed by atoms with Crippen LogP contribution < -0.4 is 10.5 Å². The van der Waals surface area contributed by atoms with Crippen LogP contribution in [0.4, 0.5) is 0 Å². The van der Waals surface area contributed by atoms with Gasteiger partial charge in [-0.2, -0.15) is 0 Å². The maximum absolute atomic E-state index is 6.14. The number of thiophene rings is 1. The minimum Gasteiger partial charge on any atom is -0.495 e. The monoisotopic (exact) mass is 267 g/mol. The van der Waals surface area contributed by atoms with Crippen LogP contribution in [0.25, 0.3) is 11.1 Å². The van der Waals surface area contributed by atoms with Gasteiger partial charge in [0.1, 0.15) is 5.75 Å². The average Bonchev–Trinajstić information content (AvgIpc) is 2.70. The summed E-state index contributed by atoms with van der Waals surface area (Å²) in [6.07, 6.45) is 0. The fraction of sp³-hybridized carbons (Fsp3) is 0.231. The molecule has 0 saturated carbocycles. The van der Waals surface area contributed by atoms with Gasteiger partial charge in [0.15, 0.2) is 0 Å². The van der Waals surface area contributed by atoms with Crippen LogP contribution in [0.5, 0.6) is 5.75 Å². The van der Waals surface area contributed by atoms with Gasteiger partial charge in [-0.25, -0.2) is 0 Å². The van der Waals surface area contributed by atoms with Gasteiger partial charge in [0.2, 0.25) is 0 Å². The number of benzene rings is 1. The summed E-state index contributed by atoms with van der Waals surface area (Å²) in [5.41, 5.74) is 9.19. The van der Waals surface area contributed by atoms with Crippen LogP contribution in [0.1, 0.15) is 10.4 Å². The third-order valence-electron chi connectivity index (χ3n) is 2.71. The number of hydrogen-bond donors (Lipinski definition) is 1. The summed E-state index contributed by atoms with van der Waals surface area (Å²) in [6.45, 7) is 2.64. The molecule has 4 heteroatoms. The average molecular weight is 268 g/mol. The smallest absolute Gasteiger partial charge is 0.137 e. The fourth-order valence-corrected chi connectivity index (χ4v) is 3.02. The molecule has 1 aromatic heterocycles. The van der Waals surface area contributed by atoms with Crippen LogP contribution in [-0.2, 0) is 6.54 Å². The summed E-state index contributed by atoms with van der Waals surface area (Å²) >= 11 is 7.85. The Morgan fingerprint density at radius 2 is 2.18 bits per heavy atom. The van der Waals surface area contributed by atoms with Gasteiger partial charge >= 0.3 is 0 Å². The maximum atomic E-state index is 6.14. The standard InChI is InChI=1S/C13H14ClNOS/c1-8-13(10(6-15)7-17-8)9-3-4-12(16-2)11(14)5-9/h3-5,7H,6,15H2,1-2H3. The van der Waals surface area contributed by atoms with Crippen LogP contribution in [0, 0.1) is 6.92 Å². The van der Waals surface area contributed by atoms with Crippen molar-refractivity contribution in [1.82, 2.24) is 0 Å². The van der Waals surface area contributed by atoms with E-state index < -0.39 is 0 Å². The van der Waals surface area contributed by atoms with Gasteiger partial charge in [-0.15, -0.1) is 11.3 Å². The molecule has 1 aromatic carbocycles. The SMILES string of the molecule is COc1ccc(-c2c(CN)csc2C)cc1Cl. The van der Waals surface area contributed by atoms with Gasteiger partial charge in [-0.1, -0.05) is 17.7 Å². The topological polar surface area (TPSA) is 35.2 Å². The van der Waals surface area contributed by atoms with Gasteiger partial charge in [-0.3, -0.25) is 0 Å². The predicted octanol–water partition coefficient (Wildman–Crippen LogP) is 3.84. The quantitative estimate of drug-likeness (QED) is 0.917. The Balaban J connectivity index is 2.53. The highest BCUT2D eigenvalue weighted by Gasteiger charge is 2.11. The predicted molar refractivity (Wildman–Crippen MR) is 73.9 cm³/mol. The van der Waals surface area contributed by atoms with E-state index in [4.69, 9.17) is 22.1 Å². The van der Waals surface area contributed by atoms with Crippen molar-refractivity contribution in [1.29, 1.82) is 0 Å². The zero-order valence-corrected chi connectivity index (χ0v) is 11.4. The van der Waals surface area contributed by atoms with Crippen molar-refractivity contribution in [3.05, 3.63) is 39.0 Å². The van der Waals surface area contributed by atoms with Crippen LogP contribution >= 0.6 is 22.9 Å². The lowest BCUT2D eigenvalue weighted by Gasteiger charge is -2.08. The summed E-state index contributed by atoms with van der Waals surface area (Å²) in [7, 11) is 1.61. The summed E-state index contributed by atoms with van der Waals surface area (Å²) in [4.78, 5) is 1.26. The Bertz CT molecular complexity index is 536. The molecule has 0 atom stereocenters. The molecule has 90 valence electrons. The molecule has 0 radical (unpaired) electrons. The van der Waals surface area contributed by atoms with Crippen molar-refractivity contribution in [3.63, 3.8) is 0 Å². The normalized spacial score (nSPS) is 10.6. The largest absolute Gasteiger partial charge is 0.495 e. The molecule has 1 heterocycles. The molecule has 0 aliphatic carbocycles. The van der Waals surface area contributed by atoms with Gasteiger partial charge in [0, 0.05) is 11.4 Å². The molecular weight excluding hydrogens is 254 g/mol. The van der Waals surface area contributed by atoms with Crippen molar-refractivity contribution in [2.45, 2.75) is 13.5 Å². The van der Waals surface area contributed by atoms with Crippen LogP contribution in [0.3, 0.4) is 0 Å². The van der Waals surface area contributed by atoms with Gasteiger partial charge in [0.05, 0.1) is 12.1 Å². The van der Waals surface area contributed by atoms with Crippen molar-refractivity contribution in [3.8, 4) is 16.9 Å². The van der Waals surface area contributed by atoms with Crippen molar-refractivity contribution in [2.24, 2.45) is 5.73 Å². The zero-order chi connectivity index (χ0) is 12.4. The minimum atomic E-state index is 0.545. The van der Waals surface area contributed by atoms with E-state index in [2.05, 4.69) is 12.3 Å². The Hall–Kier alpha value is -1.03. The number of ether oxygens (including phenoxy) is 1. The second-order valence-electron chi connectivity index (χ2n) is 3.75. The fourth-order valence-electron chi connectivity index (χ4n) is 1.86. The number of nitrogens with two attached hydrogens (primary N) is 1. The number of aryl methyl sites for hydroxylation is 1. The number of halogens is 1. The molecular formula is C13H14ClNOS. The number of hydrogen-bond acceptors (Lipinski definition) is 3. The van der Waals surface area contributed by atoms with Gasteiger partial charge < -0.3 is 10.5 Å². The van der Waals surface area contributed by atoms with Crippen LogP contribution in [0.15, 0.2) is 23.6 Å². The van der Waals surface area contributed by atoms with Crippen molar-refractivity contribution in [2.75, 3.05) is 7.11 Å². The van der Waals surface area contributed by atoms with E-state index in [9.17, 15) is 0 Å². The first kappa shape index (κ1) is 12.4. The molecule has 0 unspecified atom stereocenters. The van der Waals surface area contributed by atoms with E-state index in [0.29, 0.717) is 17.3 Å². The number of methoxy groups -OCH3 is 1. The van der Waals surface area contributed by atoms with E-state index in [1.807, 2.05) is 18.2 Å². The molecule has 0 bridgehead atoms. The molecule has 17 heavy (non-hydrogen) atoms. The first-order valence-electron chi connectivity index (χ1n) is 5.28. The summed E-state index contributed by atoms with van der Waals surface area (Å²) in [6, 6.07) is 5.82. The molecule has 0 fully saturated rings. The molecule has 2 N–H and O–H groups in total. The summed E-state index contributed by atoms with van der Waals surface area (Å²) in [5, 5.41) is 2.72. The highest BCUT2D eigenvalue weighted by molar-refractivity contribution is 7.10. The van der Waals surface area contributed by atoms with E-state index in [-0.39, 0.29) is 0 Å². The summed E-state index contributed by atoms with van der Waals surface area (Å²) < 4.78 is 5.15. The zero-order valence-electron chi connectivity index (χ0n) is 9.79. The van der Waals surface area contributed by atoms with Gasteiger partial charge in [-0.05, 0) is 41.1 Å². The highest BCUT2D eigenvalue weighted by atomic mass is 35.5. The third kappa shape index (κ3) is 2.32. The Morgan fingerprint density at radius 3 is 2.76 bits per heavy atom. The molecule has 0 amide bonds. The van der Waals surface area contributed by atoms with E-state index in [0.717, 1.165) is 11.1 Å². The lowest BCUT2D eigenvalue weighted by molar-refractivity contribution is 0.415. The molecule has 2 aromatic rings. The first-order valence-corrected chi connectivity index (χ1v) is 6.54. The third-order valence-corrected chi connectivity index (χ3v) is 3.97.